The molecule has 1 aromatic carbocycles. The number of aliphatic carboxylic acids is 1. The SMILES string of the molecule is Cc1ccc(S(=O)(=O)ON=C(C#N)C(=O)O)cc1. The molecule has 1 aromatic rings. The van der Waals surface area contributed by atoms with Gasteiger partial charge in [-0.1, -0.05) is 17.7 Å². The Kier molecular flexibility index (Phi) is 4.01. The van der Waals surface area contributed by atoms with Crippen molar-refractivity contribution < 1.29 is 22.6 Å². The minimum atomic E-state index is -4.22. The Morgan fingerprint density at radius 2 is 1.94 bits per heavy atom. The van der Waals surface area contributed by atoms with Gasteiger partial charge in [0.05, 0.1) is 0 Å². The molecule has 0 spiro atoms. The van der Waals surface area contributed by atoms with E-state index in [1.54, 1.807) is 19.1 Å². The van der Waals surface area contributed by atoms with E-state index in [1.165, 1.54) is 18.2 Å². The van der Waals surface area contributed by atoms with E-state index >= 15 is 0 Å². The highest BCUT2D eigenvalue weighted by molar-refractivity contribution is 7.86. The fraction of sp³-hybridized carbons (Fsp3) is 0.100. The molecule has 8 heteroatoms. The molecular weight excluding hydrogens is 260 g/mol. The monoisotopic (exact) mass is 268 g/mol. The van der Waals surface area contributed by atoms with Crippen LogP contribution in [-0.2, 0) is 19.2 Å². The lowest BCUT2D eigenvalue weighted by Gasteiger charge is -2.01. The zero-order valence-corrected chi connectivity index (χ0v) is 10.0. The highest BCUT2D eigenvalue weighted by Crippen LogP contribution is 2.13. The van der Waals surface area contributed by atoms with Crippen LogP contribution in [0.3, 0.4) is 0 Å². The van der Waals surface area contributed by atoms with Crippen LogP contribution >= 0.6 is 0 Å². The summed E-state index contributed by atoms with van der Waals surface area (Å²) in [5, 5.41) is 19.6. The lowest BCUT2D eigenvalue weighted by atomic mass is 10.2. The molecular formula is C10H8N2O5S. The minimum Gasteiger partial charge on any atom is -0.476 e. The largest absolute Gasteiger partial charge is 0.476 e. The minimum absolute atomic E-state index is 0.181. The average Bonchev–Trinajstić information content (AvgIpc) is 2.29. The number of carboxylic acids is 1. The molecule has 0 aliphatic heterocycles. The first kappa shape index (κ1) is 13.7. The zero-order chi connectivity index (χ0) is 13.8. The van der Waals surface area contributed by atoms with E-state index in [0.29, 0.717) is 0 Å². The van der Waals surface area contributed by atoms with E-state index in [1.807, 2.05) is 0 Å². The van der Waals surface area contributed by atoms with Gasteiger partial charge < -0.3 is 5.11 Å². The van der Waals surface area contributed by atoms with Crippen LogP contribution in [0.25, 0.3) is 0 Å². The molecule has 0 atom stereocenters. The number of carboxylic acid groups (broad SMARTS) is 1. The van der Waals surface area contributed by atoms with Gasteiger partial charge >= 0.3 is 16.1 Å². The van der Waals surface area contributed by atoms with Crippen molar-refractivity contribution in [2.75, 3.05) is 0 Å². The second-order valence-corrected chi connectivity index (χ2v) is 4.73. The number of hydrogen-bond acceptors (Lipinski definition) is 6. The molecule has 0 unspecified atom stereocenters. The molecule has 0 aliphatic carbocycles. The highest BCUT2D eigenvalue weighted by Gasteiger charge is 2.17. The standard InChI is InChI=1S/C10H8N2O5S/c1-7-2-4-8(5-3-7)18(15,16)17-12-9(6-11)10(13)14/h2-5H,1H3,(H,13,14). The predicted molar refractivity (Wildman–Crippen MR) is 60.1 cm³/mol. The fourth-order valence-corrected chi connectivity index (χ4v) is 1.67. The Bertz CT molecular complexity index is 625. The fourth-order valence-electron chi connectivity index (χ4n) is 0.942. The summed E-state index contributed by atoms with van der Waals surface area (Å²) >= 11 is 0. The normalized spacial score (nSPS) is 11.7. The highest BCUT2D eigenvalue weighted by atomic mass is 32.2. The molecule has 0 fully saturated rings. The molecule has 94 valence electrons. The van der Waals surface area contributed by atoms with Gasteiger partial charge in [-0.2, -0.15) is 13.7 Å². The summed E-state index contributed by atoms with van der Waals surface area (Å²) in [6.45, 7) is 1.77. The van der Waals surface area contributed by atoms with Gasteiger partial charge in [0.1, 0.15) is 11.0 Å². The molecule has 0 heterocycles. The van der Waals surface area contributed by atoms with E-state index in [2.05, 4.69) is 9.44 Å². The Morgan fingerprint density at radius 1 is 1.39 bits per heavy atom. The zero-order valence-electron chi connectivity index (χ0n) is 9.19. The van der Waals surface area contributed by atoms with Crippen molar-refractivity contribution in [1.82, 2.24) is 0 Å². The smallest absolute Gasteiger partial charge is 0.369 e. The van der Waals surface area contributed by atoms with Crippen LogP contribution in [0.15, 0.2) is 34.3 Å². The third kappa shape index (κ3) is 3.29. The van der Waals surface area contributed by atoms with Crippen LogP contribution in [0, 0.1) is 18.3 Å². The second-order valence-electron chi connectivity index (χ2n) is 3.20. The lowest BCUT2D eigenvalue weighted by Crippen LogP contribution is -2.12. The first-order chi connectivity index (χ1) is 8.36. The number of hydrogen-bond donors (Lipinski definition) is 1. The first-order valence-electron chi connectivity index (χ1n) is 4.58. The van der Waals surface area contributed by atoms with Gasteiger partial charge in [-0.15, -0.1) is 0 Å². The van der Waals surface area contributed by atoms with E-state index in [9.17, 15) is 13.2 Å². The average molecular weight is 268 g/mol. The molecule has 0 saturated heterocycles. The Labute approximate surface area is 103 Å². The first-order valence-corrected chi connectivity index (χ1v) is 5.99. The molecule has 0 aliphatic rings. The van der Waals surface area contributed by atoms with E-state index in [0.717, 1.165) is 5.56 Å². The molecule has 0 saturated carbocycles. The number of nitriles is 1. The number of aryl methyl sites for hydroxylation is 1. The number of nitrogens with zero attached hydrogens (tertiary/aromatic N) is 2. The van der Waals surface area contributed by atoms with Crippen molar-refractivity contribution in [3.8, 4) is 6.07 Å². The summed E-state index contributed by atoms with van der Waals surface area (Å²) in [6, 6.07) is 6.85. The van der Waals surface area contributed by atoms with Crippen LogP contribution < -0.4 is 0 Å². The van der Waals surface area contributed by atoms with Crippen LogP contribution in [0.1, 0.15) is 5.56 Å². The van der Waals surface area contributed by atoms with Crippen molar-refractivity contribution in [3.05, 3.63) is 29.8 Å². The van der Waals surface area contributed by atoms with E-state index < -0.39 is 21.8 Å². The van der Waals surface area contributed by atoms with Crippen molar-refractivity contribution in [3.63, 3.8) is 0 Å². The van der Waals surface area contributed by atoms with Crippen molar-refractivity contribution in [1.29, 1.82) is 5.26 Å². The van der Waals surface area contributed by atoms with Crippen LogP contribution in [0.2, 0.25) is 0 Å². The summed E-state index contributed by atoms with van der Waals surface area (Å²) < 4.78 is 27.2. The molecule has 0 bridgehead atoms. The Hall–Kier alpha value is -2.40. The topological polar surface area (TPSA) is 117 Å². The van der Waals surface area contributed by atoms with Crippen LogP contribution in [0.4, 0.5) is 0 Å². The van der Waals surface area contributed by atoms with Crippen LogP contribution in [-0.4, -0.2) is 25.2 Å². The third-order valence-corrected chi connectivity index (χ3v) is 2.97. The van der Waals surface area contributed by atoms with Gasteiger partial charge in [0, 0.05) is 0 Å². The number of benzene rings is 1. The summed E-state index contributed by atoms with van der Waals surface area (Å²) in [5.41, 5.74) is -0.202. The Balaban J connectivity index is 3.00. The molecule has 0 aromatic heterocycles. The second kappa shape index (κ2) is 5.29. The maximum Gasteiger partial charge on any atom is 0.369 e. The van der Waals surface area contributed by atoms with Gasteiger partial charge in [0.15, 0.2) is 0 Å². The summed E-state index contributed by atoms with van der Waals surface area (Å²) in [7, 11) is -4.22. The van der Waals surface area contributed by atoms with Gasteiger partial charge in [0.25, 0.3) is 5.71 Å². The molecule has 1 N–H and O–H groups in total. The van der Waals surface area contributed by atoms with Gasteiger partial charge in [-0.05, 0) is 24.2 Å². The molecule has 1 rings (SSSR count). The van der Waals surface area contributed by atoms with Gasteiger partial charge in [0.2, 0.25) is 0 Å². The van der Waals surface area contributed by atoms with Crippen molar-refractivity contribution in [2.24, 2.45) is 5.16 Å². The number of carbonyl (C=O) groups is 1. The quantitative estimate of drug-likeness (QED) is 0.633. The lowest BCUT2D eigenvalue weighted by molar-refractivity contribution is -0.129. The maximum atomic E-state index is 11.6. The Morgan fingerprint density at radius 3 is 2.39 bits per heavy atom. The predicted octanol–water partition coefficient (Wildman–Crippen LogP) is 0.665. The van der Waals surface area contributed by atoms with E-state index in [4.69, 9.17) is 10.4 Å². The van der Waals surface area contributed by atoms with Gasteiger partial charge in [-0.25, -0.2) is 4.79 Å². The van der Waals surface area contributed by atoms with E-state index in [-0.39, 0.29) is 4.90 Å². The van der Waals surface area contributed by atoms with Crippen LogP contribution in [0.5, 0.6) is 0 Å². The molecule has 7 nitrogen and oxygen atoms in total. The molecule has 18 heavy (non-hydrogen) atoms. The summed E-state index contributed by atoms with van der Waals surface area (Å²) in [4.78, 5) is 10.2. The number of rotatable bonds is 4. The maximum absolute atomic E-state index is 11.6. The molecule has 0 amide bonds. The third-order valence-electron chi connectivity index (χ3n) is 1.84. The van der Waals surface area contributed by atoms with Crippen molar-refractivity contribution in [2.45, 2.75) is 11.8 Å². The molecule has 0 radical (unpaired) electrons. The van der Waals surface area contributed by atoms with Crippen molar-refractivity contribution >= 4 is 21.8 Å². The number of oxime groups is 1. The summed E-state index contributed by atoms with van der Waals surface area (Å²) in [6.07, 6.45) is 0. The van der Waals surface area contributed by atoms with Gasteiger partial charge in [-0.3, -0.25) is 4.28 Å². The summed E-state index contributed by atoms with van der Waals surface area (Å²) in [5.74, 6) is -1.67.